The topological polar surface area (TPSA) is 24.5 Å². The molecular weight excluding hydrogens is 236 g/mol. The van der Waals surface area contributed by atoms with Crippen molar-refractivity contribution in [1.29, 1.82) is 0 Å². The summed E-state index contributed by atoms with van der Waals surface area (Å²) in [6.45, 7) is 5.56. The van der Waals surface area contributed by atoms with Gasteiger partial charge in [0.1, 0.15) is 12.4 Å². The van der Waals surface area contributed by atoms with Crippen molar-refractivity contribution in [3.8, 4) is 5.75 Å². The molecule has 0 radical (unpaired) electrons. The standard InChI is InChI=1S/C13H21ClN2O/c1-11-10-12(14)4-5-13(11)17-9-7-15-6-8-16(2)3/h4-5,10,15H,6-9H2,1-3H3. The normalized spacial score (nSPS) is 10.9. The Labute approximate surface area is 109 Å². The molecule has 1 aromatic carbocycles. The number of hydrogen-bond acceptors (Lipinski definition) is 3. The van der Waals surface area contributed by atoms with Crippen LogP contribution in [0.3, 0.4) is 0 Å². The highest BCUT2D eigenvalue weighted by atomic mass is 35.5. The van der Waals surface area contributed by atoms with Crippen LogP contribution in [-0.2, 0) is 0 Å². The highest BCUT2D eigenvalue weighted by Gasteiger charge is 1.99. The second kappa shape index (κ2) is 7.54. The Kier molecular flexibility index (Phi) is 6.34. The fraction of sp³-hybridized carbons (Fsp3) is 0.538. The van der Waals surface area contributed by atoms with E-state index in [4.69, 9.17) is 16.3 Å². The lowest BCUT2D eigenvalue weighted by atomic mass is 10.2. The van der Waals surface area contributed by atoms with Crippen LogP contribution in [0.5, 0.6) is 5.75 Å². The van der Waals surface area contributed by atoms with Crippen molar-refractivity contribution in [3.63, 3.8) is 0 Å². The van der Waals surface area contributed by atoms with Crippen LogP contribution in [0.4, 0.5) is 0 Å². The molecular formula is C13H21ClN2O. The van der Waals surface area contributed by atoms with Gasteiger partial charge in [-0.25, -0.2) is 0 Å². The Bertz CT molecular complexity index is 342. The molecule has 0 aliphatic rings. The van der Waals surface area contributed by atoms with Gasteiger partial charge in [-0.15, -0.1) is 0 Å². The smallest absolute Gasteiger partial charge is 0.122 e. The lowest BCUT2D eigenvalue weighted by Crippen LogP contribution is -2.29. The van der Waals surface area contributed by atoms with Gasteiger partial charge in [-0.1, -0.05) is 11.6 Å². The number of likely N-dealkylation sites (N-methyl/N-ethyl adjacent to an activating group) is 1. The second-order valence-electron chi connectivity index (χ2n) is 4.31. The summed E-state index contributed by atoms with van der Waals surface area (Å²) in [6.07, 6.45) is 0. The first-order valence-electron chi connectivity index (χ1n) is 5.84. The fourth-order valence-corrected chi connectivity index (χ4v) is 1.66. The van der Waals surface area contributed by atoms with E-state index in [9.17, 15) is 0 Å². The third-order valence-corrected chi connectivity index (χ3v) is 2.64. The van der Waals surface area contributed by atoms with Gasteiger partial charge in [-0.2, -0.15) is 0 Å². The van der Waals surface area contributed by atoms with E-state index < -0.39 is 0 Å². The fourth-order valence-electron chi connectivity index (χ4n) is 1.44. The van der Waals surface area contributed by atoms with E-state index >= 15 is 0 Å². The average Bonchev–Trinajstić information content (AvgIpc) is 2.25. The van der Waals surface area contributed by atoms with Crippen LogP contribution in [0.25, 0.3) is 0 Å². The molecule has 1 rings (SSSR count). The summed E-state index contributed by atoms with van der Waals surface area (Å²) in [5, 5.41) is 4.07. The van der Waals surface area contributed by atoms with Gasteiger partial charge in [0, 0.05) is 24.7 Å². The van der Waals surface area contributed by atoms with E-state index in [1.807, 2.05) is 25.1 Å². The number of hydrogen-bond donors (Lipinski definition) is 1. The molecule has 0 saturated heterocycles. The molecule has 0 aliphatic carbocycles. The molecule has 0 aliphatic heterocycles. The van der Waals surface area contributed by atoms with Crippen molar-refractivity contribution in [2.75, 3.05) is 40.3 Å². The molecule has 0 atom stereocenters. The molecule has 96 valence electrons. The molecule has 1 aromatic rings. The number of nitrogens with zero attached hydrogens (tertiary/aromatic N) is 1. The first kappa shape index (κ1) is 14.3. The zero-order valence-electron chi connectivity index (χ0n) is 10.8. The molecule has 3 nitrogen and oxygen atoms in total. The van der Waals surface area contributed by atoms with Crippen LogP contribution in [-0.4, -0.2) is 45.2 Å². The SMILES string of the molecule is Cc1cc(Cl)ccc1OCCNCCN(C)C. The summed E-state index contributed by atoms with van der Waals surface area (Å²) < 4.78 is 5.66. The van der Waals surface area contributed by atoms with Gasteiger partial charge in [0.05, 0.1) is 0 Å². The van der Waals surface area contributed by atoms with Crippen LogP contribution < -0.4 is 10.1 Å². The third-order valence-electron chi connectivity index (χ3n) is 2.41. The molecule has 0 saturated carbocycles. The molecule has 0 unspecified atom stereocenters. The van der Waals surface area contributed by atoms with Crippen molar-refractivity contribution in [1.82, 2.24) is 10.2 Å². The molecule has 0 fully saturated rings. The van der Waals surface area contributed by atoms with Gasteiger partial charge in [0.15, 0.2) is 0 Å². The van der Waals surface area contributed by atoms with Crippen LogP contribution in [0, 0.1) is 6.92 Å². The van der Waals surface area contributed by atoms with Crippen molar-refractivity contribution in [2.24, 2.45) is 0 Å². The predicted molar refractivity (Wildman–Crippen MR) is 73.1 cm³/mol. The molecule has 1 N–H and O–H groups in total. The number of benzene rings is 1. The van der Waals surface area contributed by atoms with Crippen LogP contribution in [0.1, 0.15) is 5.56 Å². The summed E-state index contributed by atoms with van der Waals surface area (Å²) in [4.78, 5) is 2.15. The Hall–Kier alpha value is -0.770. The lowest BCUT2D eigenvalue weighted by molar-refractivity contribution is 0.306. The maximum absolute atomic E-state index is 5.88. The largest absolute Gasteiger partial charge is 0.492 e. The summed E-state index contributed by atoms with van der Waals surface area (Å²) >= 11 is 5.88. The molecule has 0 aromatic heterocycles. The highest BCUT2D eigenvalue weighted by Crippen LogP contribution is 2.21. The van der Waals surface area contributed by atoms with Crippen LogP contribution >= 0.6 is 11.6 Å². The van der Waals surface area contributed by atoms with Crippen molar-refractivity contribution >= 4 is 11.6 Å². The first-order valence-corrected chi connectivity index (χ1v) is 6.22. The van der Waals surface area contributed by atoms with Gasteiger partial charge in [0.25, 0.3) is 0 Å². The highest BCUT2D eigenvalue weighted by molar-refractivity contribution is 6.30. The molecule has 4 heteroatoms. The van der Waals surface area contributed by atoms with Gasteiger partial charge in [0.2, 0.25) is 0 Å². The summed E-state index contributed by atoms with van der Waals surface area (Å²) in [5.41, 5.74) is 1.07. The first-order chi connectivity index (χ1) is 8.09. The van der Waals surface area contributed by atoms with E-state index in [1.54, 1.807) is 0 Å². The van der Waals surface area contributed by atoms with E-state index in [-0.39, 0.29) is 0 Å². The summed E-state index contributed by atoms with van der Waals surface area (Å²) in [6, 6.07) is 5.68. The number of rotatable bonds is 7. The monoisotopic (exact) mass is 256 g/mol. The zero-order chi connectivity index (χ0) is 12.7. The van der Waals surface area contributed by atoms with Gasteiger partial charge >= 0.3 is 0 Å². The van der Waals surface area contributed by atoms with E-state index in [0.29, 0.717) is 6.61 Å². The maximum Gasteiger partial charge on any atom is 0.122 e. The van der Waals surface area contributed by atoms with Crippen LogP contribution in [0.2, 0.25) is 5.02 Å². The van der Waals surface area contributed by atoms with Gasteiger partial charge in [-0.05, 0) is 44.8 Å². The summed E-state index contributed by atoms with van der Waals surface area (Å²) in [7, 11) is 4.13. The molecule has 0 bridgehead atoms. The van der Waals surface area contributed by atoms with Crippen LogP contribution in [0.15, 0.2) is 18.2 Å². The van der Waals surface area contributed by atoms with E-state index in [1.165, 1.54) is 0 Å². The minimum absolute atomic E-state index is 0.676. The number of aryl methyl sites for hydroxylation is 1. The Morgan fingerprint density at radius 1 is 1.29 bits per heavy atom. The second-order valence-corrected chi connectivity index (χ2v) is 4.75. The molecule has 0 spiro atoms. The molecule has 17 heavy (non-hydrogen) atoms. The number of nitrogens with one attached hydrogen (secondary N) is 1. The van der Waals surface area contributed by atoms with E-state index in [0.717, 1.165) is 36.0 Å². The third kappa shape index (κ3) is 5.91. The molecule has 0 heterocycles. The van der Waals surface area contributed by atoms with Crippen molar-refractivity contribution < 1.29 is 4.74 Å². The van der Waals surface area contributed by atoms with E-state index in [2.05, 4.69) is 24.3 Å². The minimum Gasteiger partial charge on any atom is -0.492 e. The van der Waals surface area contributed by atoms with Crippen molar-refractivity contribution in [3.05, 3.63) is 28.8 Å². The number of ether oxygens (including phenoxy) is 1. The zero-order valence-corrected chi connectivity index (χ0v) is 11.5. The lowest BCUT2D eigenvalue weighted by Gasteiger charge is -2.12. The Morgan fingerprint density at radius 2 is 2.06 bits per heavy atom. The number of halogens is 1. The summed E-state index contributed by atoms with van der Waals surface area (Å²) in [5.74, 6) is 0.906. The predicted octanol–water partition coefficient (Wildman–Crippen LogP) is 2.18. The minimum atomic E-state index is 0.676. The Balaban J connectivity index is 2.18. The van der Waals surface area contributed by atoms with Crippen molar-refractivity contribution in [2.45, 2.75) is 6.92 Å². The maximum atomic E-state index is 5.88. The Morgan fingerprint density at radius 3 is 2.71 bits per heavy atom. The van der Waals surface area contributed by atoms with Gasteiger partial charge in [-0.3, -0.25) is 0 Å². The van der Waals surface area contributed by atoms with Gasteiger partial charge < -0.3 is 15.0 Å². The quantitative estimate of drug-likeness (QED) is 0.757. The molecule has 0 amide bonds. The average molecular weight is 257 g/mol.